The number of carboxylic acids is 1. The van der Waals surface area contributed by atoms with Crippen LogP contribution in [-0.2, 0) is 6.42 Å². The molecule has 0 spiro atoms. The van der Waals surface area contributed by atoms with Crippen LogP contribution in [0.15, 0.2) is 35.7 Å². The van der Waals surface area contributed by atoms with E-state index >= 15 is 0 Å². The molecule has 0 bridgehead atoms. The molecular formula is C15H18N2O2S. The summed E-state index contributed by atoms with van der Waals surface area (Å²) in [5.41, 5.74) is 7.29. The Kier molecular flexibility index (Phi) is 4.29. The Hall–Kier alpha value is -2.01. The van der Waals surface area contributed by atoms with Crippen LogP contribution in [0.4, 0.5) is 11.4 Å². The molecule has 106 valence electrons. The molecule has 1 unspecified atom stereocenters. The molecule has 0 radical (unpaired) electrons. The molecule has 4 nitrogen and oxygen atoms in total. The topological polar surface area (TPSA) is 66.6 Å². The molecule has 0 saturated carbocycles. The summed E-state index contributed by atoms with van der Waals surface area (Å²) in [5.74, 6) is -0.935. The van der Waals surface area contributed by atoms with Gasteiger partial charge in [-0.15, -0.1) is 11.3 Å². The van der Waals surface area contributed by atoms with Crippen molar-refractivity contribution in [3.05, 3.63) is 46.2 Å². The maximum Gasteiger partial charge on any atom is 0.337 e. The first kappa shape index (κ1) is 14.4. The fourth-order valence-electron chi connectivity index (χ4n) is 2.12. The van der Waals surface area contributed by atoms with Crippen molar-refractivity contribution in [2.24, 2.45) is 0 Å². The van der Waals surface area contributed by atoms with Crippen LogP contribution in [0.3, 0.4) is 0 Å². The fraction of sp³-hybridized carbons (Fsp3) is 0.267. The van der Waals surface area contributed by atoms with Gasteiger partial charge in [-0.05, 0) is 36.6 Å². The monoisotopic (exact) mass is 290 g/mol. The normalized spacial score (nSPS) is 12.1. The summed E-state index contributed by atoms with van der Waals surface area (Å²) in [4.78, 5) is 14.6. The Morgan fingerprint density at radius 2 is 2.20 bits per heavy atom. The first-order valence-corrected chi connectivity index (χ1v) is 7.25. The largest absolute Gasteiger partial charge is 0.478 e. The van der Waals surface area contributed by atoms with Crippen molar-refractivity contribution >= 4 is 28.7 Å². The van der Waals surface area contributed by atoms with E-state index in [9.17, 15) is 9.90 Å². The summed E-state index contributed by atoms with van der Waals surface area (Å²) in [6, 6.07) is 9.19. The Labute approximate surface area is 122 Å². The molecule has 1 aromatic heterocycles. The highest BCUT2D eigenvalue weighted by Crippen LogP contribution is 2.26. The average Bonchev–Trinajstić information content (AvgIpc) is 2.90. The maximum atomic E-state index is 11.3. The van der Waals surface area contributed by atoms with Crippen LogP contribution in [0, 0.1) is 0 Å². The van der Waals surface area contributed by atoms with Crippen molar-refractivity contribution in [3.63, 3.8) is 0 Å². The Morgan fingerprint density at radius 1 is 1.45 bits per heavy atom. The van der Waals surface area contributed by atoms with Crippen LogP contribution in [-0.4, -0.2) is 24.2 Å². The van der Waals surface area contributed by atoms with Gasteiger partial charge in [0.2, 0.25) is 0 Å². The summed E-state index contributed by atoms with van der Waals surface area (Å²) >= 11 is 1.71. The minimum absolute atomic E-state index is 0.188. The van der Waals surface area contributed by atoms with Gasteiger partial charge in [-0.2, -0.15) is 0 Å². The molecule has 0 aliphatic carbocycles. The number of carbonyl (C=O) groups is 1. The van der Waals surface area contributed by atoms with Crippen molar-refractivity contribution in [1.82, 2.24) is 0 Å². The molecule has 1 atom stereocenters. The Balaban J connectivity index is 2.25. The number of hydrogen-bond donors (Lipinski definition) is 2. The highest BCUT2D eigenvalue weighted by molar-refractivity contribution is 7.09. The lowest BCUT2D eigenvalue weighted by molar-refractivity contribution is 0.0697. The van der Waals surface area contributed by atoms with Crippen LogP contribution in [0.5, 0.6) is 0 Å². The zero-order chi connectivity index (χ0) is 14.7. The maximum absolute atomic E-state index is 11.3. The predicted molar refractivity (Wildman–Crippen MR) is 83.7 cm³/mol. The molecule has 5 heteroatoms. The number of nitrogens with two attached hydrogens (primary N) is 1. The number of rotatable bonds is 5. The molecular weight excluding hydrogens is 272 g/mol. The molecule has 0 amide bonds. The highest BCUT2D eigenvalue weighted by Gasteiger charge is 2.18. The van der Waals surface area contributed by atoms with Gasteiger partial charge in [0.15, 0.2) is 0 Å². The van der Waals surface area contributed by atoms with Gasteiger partial charge in [-0.1, -0.05) is 6.07 Å². The molecule has 0 aliphatic rings. The number of anilines is 2. The van der Waals surface area contributed by atoms with Gasteiger partial charge in [0.1, 0.15) is 0 Å². The summed E-state index contributed by atoms with van der Waals surface area (Å²) in [7, 11) is 1.90. The van der Waals surface area contributed by atoms with Crippen molar-refractivity contribution in [3.8, 4) is 0 Å². The third kappa shape index (κ3) is 3.11. The lowest BCUT2D eigenvalue weighted by Crippen LogP contribution is -2.31. The minimum atomic E-state index is -0.935. The Bertz CT molecular complexity index is 596. The van der Waals surface area contributed by atoms with E-state index < -0.39 is 5.97 Å². The molecule has 1 heterocycles. The standard InChI is InChI=1S/C15H18N2O2S/c1-10(8-12-4-3-7-20-12)17(2)14-9-11(16)5-6-13(14)15(18)19/h3-7,9-10H,8,16H2,1-2H3,(H,18,19). The number of thiophene rings is 1. The zero-order valence-electron chi connectivity index (χ0n) is 11.5. The van der Waals surface area contributed by atoms with Crippen LogP contribution in [0.2, 0.25) is 0 Å². The summed E-state index contributed by atoms with van der Waals surface area (Å²) < 4.78 is 0. The van der Waals surface area contributed by atoms with E-state index in [0.29, 0.717) is 11.4 Å². The van der Waals surface area contributed by atoms with E-state index in [0.717, 1.165) is 6.42 Å². The minimum Gasteiger partial charge on any atom is -0.478 e. The second-order valence-electron chi connectivity index (χ2n) is 4.83. The van der Waals surface area contributed by atoms with Gasteiger partial charge in [0.25, 0.3) is 0 Å². The number of benzene rings is 1. The molecule has 2 rings (SSSR count). The van der Waals surface area contributed by atoms with Crippen LogP contribution < -0.4 is 10.6 Å². The predicted octanol–water partition coefficient (Wildman–Crippen LogP) is 3.10. The van der Waals surface area contributed by atoms with E-state index in [-0.39, 0.29) is 11.6 Å². The van der Waals surface area contributed by atoms with Crippen LogP contribution >= 0.6 is 11.3 Å². The van der Waals surface area contributed by atoms with Crippen LogP contribution in [0.25, 0.3) is 0 Å². The lowest BCUT2D eigenvalue weighted by atomic mass is 10.1. The number of aromatic carboxylic acids is 1. The third-order valence-corrected chi connectivity index (χ3v) is 4.27. The number of hydrogen-bond acceptors (Lipinski definition) is 4. The summed E-state index contributed by atoms with van der Waals surface area (Å²) in [6.07, 6.45) is 0.877. The fourth-order valence-corrected chi connectivity index (χ4v) is 2.94. The molecule has 3 N–H and O–H groups in total. The number of likely N-dealkylation sites (N-methyl/N-ethyl adjacent to an activating group) is 1. The lowest BCUT2D eigenvalue weighted by Gasteiger charge is -2.28. The second-order valence-corrected chi connectivity index (χ2v) is 5.86. The van der Waals surface area contributed by atoms with Gasteiger partial charge in [-0.25, -0.2) is 4.79 Å². The molecule has 2 aromatic rings. The Morgan fingerprint density at radius 3 is 2.80 bits per heavy atom. The van der Waals surface area contributed by atoms with E-state index in [1.807, 2.05) is 23.4 Å². The molecule has 20 heavy (non-hydrogen) atoms. The molecule has 0 aliphatic heterocycles. The van der Waals surface area contributed by atoms with E-state index in [2.05, 4.69) is 13.0 Å². The van der Waals surface area contributed by atoms with Gasteiger partial charge in [-0.3, -0.25) is 0 Å². The number of carboxylic acid groups (broad SMARTS) is 1. The molecule has 0 fully saturated rings. The van der Waals surface area contributed by atoms with Crippen molar-refractivity contribution in [2.45, 2.75) is 19.4 Å². The SMILES string of the molecule is CC(Cc1cccs1)N(C)c1cc(N)ccc1C(=O)O. The van der Waals surface area contributed by atoms with Gasteiger partial charge in [0, 0.05) is 30.1 Å². The number of nitrogens with zero attached hydrogens (tertiary/aromatic N) is 1. The van der Waals surface area contributed by atoms with Crippen molar-refractivity contribution < 1.29 is 9.90 Å². The van der Waals surface area contributed by atoms with Gasteiger partial charge < -0.3 is 15.7 Å². The van der Waals surface area contributed by atoms with E-state index in [1.54, 1.807) is 29.5 Å². The third-order valence-electron chi connectivity index (χ3n) is 3.37. The van der Waals surface area contributed by atoms with Gasteiger partial charge >= 0.3 is 5.97 Å². The first-order valence-electron chi connectivity index (χ1n) is 6.37. The smallest absolute Gasteiger partial charge is 0.337 e. The number of nitrogen functional groups attached to an aromatic ring is 1. The van der Waals surface area contributed by atoms with Gasteiger partial charge in [0.05, 0.1) is 11.3 Å². The summed E-state index contributed by atoms with van der Waals surface area (Å²) in [6.45, 7) is 2.08. The molecule has 0 saturated heterocycles. The quantitative estimate of drug-likeness (QED) is 0.830. The van der Waals surface area contributed by atoms with Crippen LogP contribution in [0.1, 0.15) is 22.2 Å². The zero-order valence-corrected chi connectivity index (χ0v) is 12.4. The highest BCUT2D eigenvalue weighted by atomic mass is 32.1. The second kappa shape index (κ2) is 5.96. The molecule has 1 aromatic carbocycles. The van der Waals surface area contributed by atoms with Crippen molar-refractivity contribution in [2.75, 3.05) is 17.7 Å². The summed E-state index contributed by atoms with van der Waals surface area (Å²) in [5, 5.41) is 11.3. The first-order chi connectivity index (χ1) is 9.49. The van der Waals surface area contributed by atoms with E-state index in [4.69, 9.17) is 5.73 Å². The van der Waals surface area contributed by atoms with E-state index in [1.165, 1.54) is 4.88 Å². The van der Waals surface area contributed by atoms with Crippen molar-refractivity contribution in [1.29, 1.82) is 0 Å². The average molecular weight is 290 g/mol.